The van der Waals surface area contributed by atoms with Crippen LogP contribution in [0.2, 0.25) is 0 Å². The quantitative estimate of drug-likeness (QED) is 0.484. The second kappa shape index (κ2) is 4.74. The summed E-state index contributed by atoms with van der Waals surface area (Å²) in [6, 6.07) is 6.49. The highest BCUT2D eigenvalue weighted by Gasteiger charge is 2.10. The van der Waals surface area contributed by atoms with Gasteiger partial charge in [-0.15, -0.1) is 0 Å². The molecule has 16 heavy (non-hydrogen) atoms. The zero-order valence-corrected chi connectivity index (χ0v) is 9.60. The van der Waals surface area contributed by atoms with Gasteiger partial charge in [0.05, 0.1) is 16.7 Å². The van der Waals surface area contributed by atoms with Crippen LogP contribution >= 0.6 is 0 Å². The second-order valence-corrected chi connectivity index (χ2v) is 4.44. The molecule has 0 saturated carbocycles. The molecule has 0 unspecified atom stereocenters. The predicted octanol–water partition coefficient (Wildman–Crippen LogP) is 2.32. The highest BCUT2D eigenvalue weighted by molar-refractivity contribution is 5.84. The number of hydrogen-bond acceptors (Lipinski definition) is 4. The minimum atomic E-state index is -0.418. The molecular weight excluding hydrogens is 206 g/mol. The van der Waals surface area contributed by atoms with Gasteiger partial charge in [-0.25, -0.2) is 0 Å². The Labute approximate surface area is 94.3 Å². The molecule has 0 atom stereocenters. The predicted molar refractivity (Wildman–Crippen MR) is 63.6 cm³/mol. The summed E-state index contributed by atoms with van der Waals surface area (Å²) in [5.41, 5.74) is 3.28. The van der Waals surface area contributed by atoms with Gasteiger partial charge < -0.3 is 5.43 Å². The molecular formula is C11H15N3O2. The first-order valence-corrected chi connectivity index (χ1v) is 4.94. The molecule has 0 saturated heterocycles. The van der Waals surface area contributed by atoms with Crippen molar-refractivity contribution in [3.8, 4) is 0 Å². The molecule has 0 aliphatic carbocycles. The fourth-order valence-electron chi connectivity index (χ4n) is 1.06. The van der Waals surface area contributed by atoms with Crippen LogP contribution in [0, 0.1) is 10.1 Å². The van der Waals surface area contributed by atoms with Crippen LogP contribution in [-0.4, -0.2) is 16.7 Å². The smallest absolute Gasteiger partial charge is 0.278 e. The Morgan fingerprint density at radius 1 is 1.38 bits per heavy atom. The van der Waals surface area contributed by atoms with E-state index in [9.17, 15) is 10.1 Å². The number of rotatable bonds is 3. The van der Waals surface area contributed by atoms with E-state index in [1.54, 1.807) is 18.2 Å². The molecule has 0 amide bonds. The van der Waals surface area contributed by atoms with E-state index < -0.39 is 4.92 Å². The van der Waals surface area contributed by atoms with E-state index in [1.165, 1.54) is 12.3 Å². The molecule has 0 heterocycles. The largest absolute Gasteiger partial charge is 0.305 e. The summed E-state index contributed by atoms with van der Waals surface area (Å²) in [4.78, 5) is 10.3. The minimum Gasteiger partial charge on any atom is -0.305 e. The van der Waals surface area contributed by atoms with Gasteiger partial charge in [0.15, 0.2) is 0 Å². The number of hydrogen-bond donors (Lipinski definition) is 1. The third kappa shape index (κ3) is 3.68. The van der Waals surface area contributed by atoms with Crippen LogP contribution in [0.5, 0.6) is 0 Å². The summed E-state index contributed by atoms with van der Waals surface area (Å²) < 4.78 is 0. The van der Waals surface area contributed by atoms with E-state index in [-0.39, 0.29) is 11.2 Å². The van der Waals surface area contributed by atoms with Crippen molar-refractivity contribution in [1.29, 1.82) is 0 Å². The number of nitrogens with one attached hydrogen (secondary N) is 1. The summed E-state index contributed by atoms with van der Waals surface area (Å²) >= 11 is 0. The maximum absolute atomic E-state index is 10.7. The van der Waals surface area contributed by atoms with E-state index >= 15 is 0 Å². The first kappa shape index (κ1) is 12.2. The fourth-order valence-corrected chi connectivity index (χ4v) is 1.06. The Bertz CT molecular complexity index is 408. The minimum absolute atomic E-state index is 0.0574. The number of para-hydroxylation sites is 1. The molecule has 5 heteroatoms. The summed E-state index contributed by atoms with van der Waals surface area (Å²) in [5, 5.41) is 14.7. The van der Waals surface area contributed by atoms with E-state index in [1.807, 2.05) is 20.8 Å². The van der Waals surface area contributed by atoms with Crippen LogP contribution < -0.4 is 5.43 Å². The summed E-state index contributed by atoms with van der Waals surface area (Å²) in [6.07, 6.45) is 1.46. The summed E-state index contributed by atoms with van der Waals surface area (Å²) in [5.74, 6) is 0. The van der Waals surface area contributed by atoms with Gasteiger partial charge >= 0.3 is 0 Å². The van der Waals surface area contributed by atoms with Crippen molar-refractivity contribution in [3.05, 3.63) is 39.9 Å². The third-order valence-electron chi connectivity index (χ3n) is 1.74. The van der Waals surface area contributed by atoms with E-state index in [4.69, 9.17) is 0 Å². The molecule has 0 aliphatic rings. The topological polar surface area (TPSA) is 67.5 Å². The van der Waals surface area contributed by atoms with Gasteiger partial charge in [0, 0.05) is 11.6 Å². The molecule has 0 aromatic heterocycles. The number of nitro benzene ring substituents is 1. The Balaban J connectivity index is 2.85. The van der Waals surface area contributed by atoms with Crippen molar-refractivity contribution in [1.82, 2.24) is 5.43 Å². The molecule has 86 valence electrons. The van der Waals surface area contributed by atoms with Gasteiger partial charge in [-0.05, 0) is 26.8 Å². The highest BCUT2D eigenvalue weighted by Crippen LogP contribution is 2.15. The first-order chi connectivity index (χ1) is 7.40. The average molecular weight is 221 g/mol. The lowest BCUT2D eigenvalue weighted by molar-refractivity contribution is -0.385. The number of hydrazone groups is 1. The van der Waals surface area contributed by atoms with E-state index in [0.717, 1.165) is 0 Å². The molecule has 1 N–H and O–H groups in total. The van der Waals surface area contributed by atoms with Crippen LogP contribution in [0.4, 0.5) is 5.69 Å². The first-order valence-electron chi connectivity index (χ1n) is 4.94. The standard InChI is InChI=1S/C11H15N3O2/c1-11(2,3)13-12-8-9-6-4-5-7-10(9)14(15)16/h4-8,13H,1-3H3/b12-8+. The molecule has 0 aliphatic heterocycles. The molecule has 1 rings (SSSR count). The van der Waals surface area contributed by atoms with Crippen molar-refractivity contribution < 1.29 is 4.92 Å². The second-order valence-electron chi connectivity index (χ2n) is 4.44. The number of nitro groups is 1. The van der Waals surface area contributed by atoms with Gasteiger partial charge in [-0.3, -0.25) is 10.1 Å². The number of benzene rings is 1. The Morgan fingerprint density at radius 2 is 2.00 bits per heavy atom. The Morgan fingerprint density at radius 3 is 2.56 bits per heavy atom. The molecule has 1 aromatic rings. The van der Waals surface area contributed by atoms with Gasteiger partial charge in [0.2, 0.25) is 0 Å². The van der Waals surface area contributed by atoms with Gasteiger partial charge in [0.1, 0.15) is 0 Å². The lowest BCUT2D eigenvalue weighted by atomic mass is 10.1. The van der Waals surface area contributed by atoms with Gasteiger partial charge in [-0.2, -0.15) is 5.10 Å². The zero-order chi connectivity index (χ0) is 12.2. The molecule has 5 nitrogen and oxygen atoms in total. The van der Waals surface area contributed by atoms with Gasteiger partial charge in [0.25, 0.3) is 5.69 Å². The Kier molecular flexibility index (Phi) is 3.60. The Hall–Kier alpha value is -1.91. The monoisotopic (exact) mass is 221 g/mol. The lowest BCUT2D eigenvalue weighted by Gasteiger charge is -2.16. The third-order valence-corrected chi connectivity index (χ3v) is 1.74. The highest BCUT2D eigenvalue weighted by atomic mass is 16.6. The van der Waals surface area contributed by atoms with E-state index in [0.29, 0.717) is 5.56 Å². The van der Waals surface area contributed by atoms with Crippen LogP contribution in [0.3, 0.4) is 0 Å². The molecule has 0 bridgehead atoms. The summed E-state index contributed by atoms with van der Waals surface area (Å²) in [6.45, 7) is 5.89. The van der Waals surface area contributed by atoms with E-state index in [2.05, 4.69) is 10.5 Å². The van der Waals surface area contributed by atoms with Crippen molar-refractivity contribution in [3.63, 3.8) is 0 Å². The van der Waals surface area contributed by atoms with Crippen LogP contribution in [0.1, 0.15) is 26.3 Å². The molecule has 0 fully saturated rings. The zero-order valence-electron chi connectivity index (χ0n) is 9.60. The number of nitrogens with zero attached hydrogens (tertiary/aromatic N) is 2. The maximum Gasteiger partial charge on any atom is 0.278 e. The maximum atomic E-state index is 10.7. The van der Waals surface area contributed by atoms with Crippen molar-refractivity contribution in [2.45, 2.75) is 26.3 Å². The van der Waals surface area contributed by atoms with Crippen molar-refractivity contribution >= 4 is 11.9 Å². The van der Waals surface area contributed by atoms with Crippen LogP contribution in [-0.2, 0) is 0 Å². The molecule has 1 aromatic carbocycles. The van der Waals surface area contributed by atoms with Crippen molar-refractivity contribution in [2.75, 3.05) is 0 Å². The molecule has 0 spiro atoms. The lowest BCUT2D eigenvalue weighted by Crippen LogP contribution is -2.31. The fraction of sp³-hybridized carbons (Fsp3) is 0.364. The van der Waals surface area contributed by atoms with Crippen LogP contribution in [0.25, 0.3) is 0 Å². The SMILES string of the molecule is CC(C)(C)N/N=C/c1ccccc1[N+](=O)[O-]. The normalized spacial score (nSPS) is 11.7. The summed E-state index contributed by atoms with van der Waals surface area (Å²) in [7, 11) is 0. The average Bonchev–Trinajstić information content (AvgIpc) is 2.16. The molecule has 0 radical (unpaired) electrons. The van der Waals surface area contributed by atoms with Crippen molar-refractivity contribution in [2.24, 2.45) is 5.10 Å². The van der Waals surface area contributed by atoms with Crippen LogP contribution in [0.15, 0.2) is 29.4 Å². The van der Waals surface area contributed by atoms with Gasteiger partial charge in [-0.1, -0.05) is 12.1 Å².